The Hall–Kier alpha value is -2.00. The predicted octanol–water partition coefficient (Wildman–Crippen LogP) is 2.05. The van der Waals surface area contributed by atoms with E-state index in [0.29, 0.717) is 0 Å². The lowest BCUT2D eigenvalue weighted by atomic mass is 10.1. The van der Waals surface area contributed by atoms with Crippen LogP contribution in [0.4, 0.5) is 18.9 Å². The number of anilines is 1. The number of alkyl halides is 3. The fraction of sp³-hybridized carbons (Fsp3) is 0.429. The number of nitrogens with two attached hydrogens (primary N) is 1. The molecule has 4 N–H and O–H groups in total. The molecular weight excluding hydrogens is 351 g/mol. The molecule has 2 amide bonds. The summed E-state index contributed by atoms with van der Waals surface area (Å²) >= 11 is 0. The lowest BCUT2D eigenvalue weighted by Crippen LogP contribution is -2.46. The van der Waals surface area contributed by atoms with Crippen molar-refractivity contribution < 1.29 is 27.5 Å². The van der Waals surface area contributed by atoms with Crippen LogP contribution in [0.25, 0.3) is 0 Å². The van der Waals surface area contributed by atoms with E-state index in [0.717, 1.165) is 12.1 Å². The number of hydrogen-bond acceptors (Lipinski definition) is 4. The maximum absolute atomic E-state index is 12.1. The molecule has 6 nitrogen and oxygen atoms in total. The number of hydrogen-bond donors (Lipinski definition) is 3. The van der Waals surface area contributed by atoms with Crippen molar-refractivity contribution in [1.82, 2.24) is 5.32 Å². The molecule has 0 unspecified atom stereocenters. The number of nitrogens with one attached hydrogen (secondary N) is 2. The van der Waals surface area contributed by atoms with E-state index in [1.807, 2.05) is 0 Å². The summed E-state index contributed by atoms with van der Waals surface area (Å²) in [6.07, 6.45) is -4.82. The molecule has 0 aliphatic rings. The lowest BCUT2D eigenvalue weighted by molar-refractivity contribution is -0.274. The summed E-state index contributed by atoms with van der Waals surface area (Å²) in [4.78, 5) is 23.3. The molecule has 0 aromatic heterocycles. The van der Waals surface area contributed by atoms with Crippen molar-refractivity contribution in [3.05, 3.63) is 24.3 Å². The van der Waals surface area contributed by atoms with Crippen molar-refractivity contribution in [3.8, 4) is 5.75 Å². The fourth-order valence-corrected chi connectivity index (χ4v) is 1.56. The van der Waals surface area contributed by atoms with E-state index in [9.17, 15) is 22.8 Å². The van der Waals surface area contributed by atoms with Crippen LogP contribution in [0.5, 0.6) is 5.75 Å². The molecule has 1 aromatic rings. The van der Waals surface area contributed by atoms with Crippen LogP contribution in [-0.2, 0) is 9.59 Å². The molecule has 10 heteroatoms. The number of ether oxygens (including phenoxy) is 1. The number of benzene rings is 1. The summed E-state index contributed by atoms with van der Waals surface area (Å²) in [7, 11) is 0. The van der Waals surface area contributed by atoms with Crippen LogP contribution >= 0.6 is 12.4 Å². The summed E-state index contributed by atoms with van der Waals surface area (Å²) in [5.74, 6) is -1.63. The Labute approximate surface area is 143 Å². The number of halogens is 4. The number of carbonyl (C=O) groups excluding carboxylic acids is 2. The molecule has 0 aliphatic heterocycles. The Kier molecular flexibility index (Phi) is 8.56. The molecule has 1 atom stereocenters. The smallest absolute Gasteiger partial charge is 0.406 e. The largest absolute Gasteiger partial charge is 0.573 e. The van der Waals surface area contributed by atoms with Gasteiger partial charge in [0.2, 0.25) is 11.8 Å². The standard InChI is InChI=1S/C14H18F3N3O3.ClH/c1-8(2)12(18)13(22)19-7-11(21)20-9-4-3-5-10(6-9)23-14(15,16)17;/h3-6,8,12H,7,18H2,1-2H3,(H,19,22)(H,20,21);1H/t12-;/m0./s1. The van der Waals surface area contributed by atoms with Crippen molar-refractivity contribution in [2.45, 2.75) is 26.3 Å². The van der Waals surface area contributed by atoms with Crippen molar-refractivity contribution in [1.29, 1.82) is 0 Å². The van der Waals surface area contributed by atoms with Gasteiger partial charge in [-0.25, -0.2) is 0 Å². The predicted molar refractivity (Wildman–Crippen MR) is 84.8 cm³/mol. The van der Waals surface area contributed by atoms with Crippen molar-refractivity contribution in [3.63, 3.8) is 0 Å². The van der Waals surface area contributed by atoms with Crippen LogP contribution < -0.4 is 21.1 Å². The summed E-state index contributed by atoms with van der Waals surface area (Å²) < 4.78 is 40.1. The first-order valence-corrected chi connectivity index (χ1v) is 6.77. The van der Waals surface area contributed by atoms with E-state index >= 15 is 0 Å². The first kappa shape index (κ1) is 22.0. The van der Waals surface area contributed by atoms with Gasteiger partial charge >= 0.3 is 6.36 Å². The molecular formula is C14H19ClF3N3O3. The van der Waals surface area contributed by atoms with Crippen molar-refractivity contribution in [2.24, 2.45) is 11.7 Å². The highest BCUT2D eigenvalue weighted by Gasteiger charge is 2.31. The van der Waals surface area contributed by atoms with Crippen LogP contribution in [-0.4, -0.2) is 30.8 Å². The average Bonchev–Trinajstić information content (AvgIpc) is 2.42. The van der Waals surface area contributed by atoms with Gasteiger partial charge in [0.1, 0.15) is 5.75 Å². The Bertz CT molecular complexity index is 568. The van der Waals surface area contributed by atoms with Crippen LogP contribution in [0, 0.1) is 5.92 Å². The van der Waals surface area contributed by atoms with E-state index < -0.39 is 30.0 Å². The first-order chi connectivity index (χ1) is 10.6. The summed E-state index contributed by atoms with van der Waals surface area (Å²) in [6, 6.07) is 4.07. The van der Waals surface area contributed by atoms with Gasteiger partial charge in [0, 0.05) is 11.8 Å². The van der Waals surface area contributed by atoms with Gasteiger partial charge in [0.15, 0.2) is 0 Å². The molecule has 0 radical (unpaired) electrons. The second-order valence-electron chi connectivity index (χ2n) is 5.11. The Morgan fingerprint density at radius 2 is 1.92 bits per heavy atom. The minimum Gasteiger partial charge on any atom is -0.406 e. The molecule has 1 rings (SSSR count). The van der Waals surface area contributed by atoms with E-state index in [1.54, 1.807) is 13.8 Å². The van der Waals surface area contributed by atoms with E-state index in [1.165, 1.54) is 12.1 Å². The molecule has 24 heavy (non-hydrogen) atoms. The summed E-state index contributed by atoms with van der Waals surface area (Å²) in [5, 5.41) is 4.70. The molecule has 0 fully saturated rings. The van der Waals surface area contributed by atoms with E-state index in [2.05, 4.69) is 15.4 Å². The van der Waals surface area contributed by atoms with Crippen molar-refractivity contribution in [2.75, 3.05) is 11.9 Å². The average molecular weight is 370 g/mol. The Morgan fingerprint density at radius 1 is 1.29 bits per heavy atom. The van der Waals surface area contributed by atoms with Gasteiger partial charge in [-0.15, -0.1) is 25.6 Å². The van der Waals surface area contributed by atoms with Gasteiger partial charge in [-0.05, 0) is 18.1 Å². The molecule has 0 aliphatic carbocycles. The van der Waals surface area contributed by atoms with Crippen molar-refractivity contribution >= 4 is 29.9 Å². The van der Waals surface area contributed by atoms with Crippen LogP contribution in [0.3, 0.4) is 0 Å². The lowest BCUT2D eigenvalue weighted by Gasteiger charge is -2.15. The normalized spacial score (nSPS) is 12.1. The summed E-state index contributed by atoms with van der Waals surface area (Å²) in [6.45, 7) is 3.18. The topological polar surface area (TPSA) is 93.5 Å². The Morgan fingerprint density at radius 3 is 2.46 bits per heavy atom. The molecule has 0 spiro atoms. The van der Waals surface area contributed by atoms with Crippen LogP contribution in [0.1, 0.15) is 13.8 Å². The zero-order valence-corrected chi connectivity index (χ0v) is 13.8. The van der Waals surface area contributed by atoms with Gasteiger partial charge in [0.05, 0.1) is 12.6 Å². The third kappa shape index (κ3) is 8.02. The van der Waals surface area contributed by atoms with Crippen LogP contribution in [0.2, 0.25) is 0 Å². The van der Waals surface area contributed by atoms with Gasteiger partial charge in [-0.3, -0.25) is 9.59 Å². The maximum atomic E-state index is 12.1. The summed E-state index contributed by atoms with van der Waals surface area (Å²) in [5.41, 5.74) is 5.72. The second-order valence-corrected chi connectivity index (χ2v) is 5.11. The Balaban J connectivity index is 0.00000529. The third-order valence-corrected chi connectivity index (χ3v) is 2.80. The van der Waals surface area contributed by atoms with Gasteiger partial charge in [-0.1, -0.05) is 19.9 Å². The second kappa shape index (κ2) is 9.33. The molecule has 0 saturated carbocycles. The molecule has 0 bridgehead atoms. The maximum Gasteiger partial charge on any atom is 0.573 e. The van der Waals surface area contributed by atoms with E-state index in [-0.39, 0.29) is 30.6 Å². The number of rotatable bonds is 6. The third-order valence-electron chi connectivity index (χ3n) is 2.80. The number of carbonyl (C=O) groups is 2. The molecule has 0 heterocycles. The van der Waals surface area contributed by atoms with Gasteiger partial charge in [0.25, 0.3) is 0 Å². The number of amides is 2. The minimum atomic E-state index is -4.82. The SMILES string of the molecule is CC(C)[C@H](N)C(=O)NCC(=O)Nc1cccc(OC(F)(F)F)c1.Cl. The highest BCUT2D eigenvalue weighted by Crippen LogP contribution is 2.24. The minimum absolute atomic E-state index is 0. The molecule has 136 valence electrons. The molecule has 0 saturated heterocycles. The zero-order valence-electron chi connectivity index (χ0n) is 13.0. The fourth-order valence-electron chi connectivity index (χ4n) is 1.56. The zero-order chi connectivity index (χ0) is 17.6. The van der Waals surface area contributed by atoms with Crippen LogP contribution in [0.15, 0.2) is 24.3 Å². The molecule has 1 aromatic carbocycles. The van der Waals surface area contributed by atoms with E-state index in [4.69, 9.17) is 5.73 Å². The monoisotopic (exact) mass is 369 g/mol. The highest BCUT2D eigenvalue weighted by atomic mass is 35.5. The highest BCUT2D eigenvalue weighted by molar-refractivity contribution is 5.95. The quantitative estimate of drug-likeness (QED) is 0.715. The van der Waals surface area contributed by atoms with Gasteiger partial charge in [-0.2, -0.15) is 0 Å². The first-order valence-electron chi connectivity index (χ1n) is 6.77. The van der Waals surface area contributed by atoms with Gasteiger partial charge < -0.3 is 21.1 Å².